The number of carboxylic acids is 1. The van der Waals surface area contributed by atoms with Crippen LogP contribution in [0, 0.1) is 22.6 Å². The van der Waals surface area contributed by atoms with Crippen LogP contribution < -0.4 is 4.74 Å². The van der Waals surface area contributed by atoms with Gasteiger partial charge < -0.3 is 19.5 Å². The molecule has 12 heteroatoms. The van der Waals surface area contributed by atoms with Gasteiger partial charge in [-0.3, -0.25) is 9.69 Å². The van der Waals surface area contributed by atoms with Crippen molar-refractivity contribution in [3.8, 4) is 11.8 Å². The van der Waals surface area contributed by atoms with Crippen LogP contribution in [0.25, 0.3) is 0 Å². The number of halogens is 4. The summed E-state index contributed by atoms with van der Waals surface area (Å²) in [4.78, 5) is 26.4. The Morgan fingerprint density at radius 1 is 1.24 bits per heavy atom. The Bertz CT molecular complexity index is 950. The summed E-state index contributed by atoms with van der Waals surface area (Å²) in [6, 6.07) is 4.07. The number of carbonyl (C=O) groups excluding carboxylic acids is 1. The van der Waals surface area contributed by atoms with Crippen LogP contribution in [0.3, 0.4) is 0 Å². The van der Waals surface area contributed by atoms with E-state index in [4.69, 9.17) is 4.74 Å². The van der Waals surface area contributed by atoms with Crippen LogP contribution in [-0.4, -0.2) is 72.0 Å². The van der Waals surface area contributed by atoms with Crippen molar-refractivity contribution in [3.63, 3.8) is 0 Å². The molecule has 2 aliphatic rings. The fraction of sp³-hybridized carbons (Fsp3) is 0.571. The Hall–Kier alpha value is -3.07. The van der Waals surface area contributed by atoms with Gasteiger partial charge in [0.2, 0.25) is 0 Å². The lowest BCUT2D eigenvalue weighted by Gasteiger charge is -2.35. The lowest BCUT2D eigenvalue weighted by Crippen LogP contribution is -2.49. The number of aliphatic carboxylic acids is 1. The molecule has 1 aromatic rings. The maximum atomic E-state index is 14.1. The zero-order chi connectivity index (χ0) is 24.4. The highest BCUT2D eigenvalue weighted by atomic mass is 19.4. The molecular formula is C21H23F4N3O5. The Kier molecular flexibility index (Phi) is 7.02. The van der Waals surface area contributed by atoms with E-state index < -0.39 is 35.6 Å². The zero-order valence-corrected chi connectivity index (χ0v) is 17.8. The van der Waals surface area contributed by atoms with Gasteiger partial charge in [0.05, 0.1) is 5.56 Å². The predicted molar refractivity (Wildman–Crippen MR) is 105 cm³/mol. The third kappa shape index (κ3) is 5.84. The maximum absolute atomic E-state index is 14.1. The van der Waals surface area contributed by atoms with Crippen LogP contribution in [-0.2, 0) is 16.1 Å². The molecule has 1 unspecified atom stereocenters. The summed E-state index contributed by atoms with van der Waals surface area (Å²) in [5.74, 6) is -1.54. The van der Waals surface area contributed by atoms with Gasteiger partial charge in [0.15, 0.2) is 6.10 Å². The SMILES string of the molecule is CC(OC(=O)N1CCN(Cc2cc(F)cc(C#N)c2OCC2(C(=O)O)CC2)CC1)C(F)(F)F. The van der Waals surface area contributed by atoms with Gasteiger partial charge in [0, 0.05) is 38.3 Å². The van der Waals surface area contributed by atoms with Crippen molar-refractivity contribution in [3.05, 3.63) is 29.1 Å². The van der Waals surface area contributed by atoms with Crippen molar-refractivity contribution < 1.29 is 41.7 Å². The number of hydrogen-bond acceptors (Lipinski definition) is 6. The van der Waals surface area contributed by atoms with Gasteiger partial charge >= 0.3 is 18.2 Å². The molecule has 33 heavy (non-hydrogen) atoms. The molecule has 2 fully saturated rings. The largest absolute Gasteiger partial charge is 0.491 e. The normalized spacial score (nSPS) is 18.8. The molecule has 1 saturated carbocycles. The topological polar surface area (TPSA) is 103 Å². The third-order valence-corrected chi connectivity index (χ3v) is 5.81. The molecule has 3 rings (SSSR count). The number of rotatable bonds is 7. The van der Waals surface area contributed by atoms with Crippen molar-refractivity contribution in [2.75, 3.05) is 32.8 Å². The van der Waals surface area contributed by atoms with Crippen LogP contribution in [0.15, 0.2) is 12.1 Å². The van der Waals surface area contributed by atoms with Gasteiger partial charge in [0.25, 0.3) is 0 Å². The number of nitriles is 1. The first-order valence-electron chi connectivity index (χ1n) is 10.3. The molecule has 0 bridgehead atoms. The molecule has 0 radical (unpaired) electrons. The Labute approximate surface area is 187 Å². The number of carbonyl (C=O) groups is 2. The molecule has 1 heterocycles. The highest BCUT2D eigenvalue weighted by Gasteiger charge is 2.51. The molecule has 0 spiro atoms. The monoisotopic (exact) mass is 473 g/mol. The first-order chi connectivity index (χ1) is 15.4. The summed E-state index contributed by atoms with van der Waals surface area (Å²) < 4.78 is 62.0. The van der Waals surface area contributed by atoms with E-state index in [2.05, 4.69) is 4.74 Å². The second kappa shape index (κ2) is 9.43. The molecule has 8 nitrogen and oxygen atoms in total. The van der Waals surface area contributed by atoms with Crippen LogP contribution in [0.5, 0.6) is 5.75 Å². The Morgan fingerprint density at radius 2 is 1.88 bits per heavy atom. The van der Waals surface area contributed by atoms with E-state index >= 15 is 0 Å². The highest BCUT2D eigenvalue weighted by Crippen LogP contribution is 2.46. The number of alkyl halides is 3. The van der Waals surface area contributed by atoms with E-state index in [0.717, 1.165) is 17.9 Å². The van der Waals surface area contributed by atoms with Crippen LogP contribution in [0.1, 0.15) is 30.9 Å². The number of benzene rings is 1. The zero-order valence-electron chi connectivity index (χ0n) is 17.8. The number of nitrogens with zero attached hydrogens (tertiary/aromatic N) is 3. The van der Waals surface area contributed by atoms with E-state index in [1.165, 1.54) is 6.07 Å². The van der Waals surface area contributed by atoms with Gasteiger partial charge in [-0.2, -0.15) is 18.4 Å². The van der Waals surface area contributed by atoms with Crippen LogP contribution >= 0.6 is 0 Å². The Balaban J connectivity index is 1.64. The summed E-state index contributed by atoms with van der Waals surface area (Å²) in [6.07, 6.45) is -7.04. The molecule has 1 amide bonds. The van der Waals surface area contributed by atoms with Crippen molar-refractivity contribution in [2.45, 2.75) is 38.6 Å². The minimum atomic E-state index is -4.65. The summed E-state index contributed by atoms with van der Waals surface area (Å²) >= 11 is 0. The number of hydrogen-bond donors (Lipinski definition) is 1. The van der Waals surface area contributed by atoms with Gasteiger partial charge in [-0.25, -0.2) is 9.18 Å². The second-order valence-electron chi connectivity index (χ2n) is 8.26. The molecule has 1 saturated heterocycles. The molecule has 1 aliphatic carbocycles. The minimum Gasteiger partial charge on any atom is -0.491 e. The maximum Gasteiger partial charge on any atom is 0.425 e. The van der Waals surface area contributed by atoms with Gasteiger partial charge in [-0.05, 0) is 31.9 Å². The van der Waals surface area contributed by atoms with E-state index in [1.54, 1.807) is 0 Å². The van der Waals surface area contributed by atoms with E-state index in [-0.39, 0.29) is 50.6 Å². The summed E-state index contributed by atoms with van der Waals surface area (Å²) in [5.41, 5.74) is -0.721. The number of piperazine rings is 1. The molecular weight excluding hydrogens is 450 g/mol. The second-order valence-corrected chi connectivity index (χ2v) is 8.26. The first kappa shape index (κ1) is 24.6. The Morgan fingerprint density at radius 3 is 2.39 bits per heavy atom. The molecule has 1 N–H and O–H groups in total. The average Bonchev–Trinajstić information content (AvgIpc) is 3.53. The van der Waals surface area contributed by atoms with E-state index in [1.807, 2.05) is 11.0 Å². The van der Waals surface area contributed by atoms with Gasteiger partial charge in [0.1, 0.15) is 29.7 Å². The fourth-order valence-electron chi connectivity index (χ4n) is 3.42. The van der Waals surface area contributed by atoms with Crippen LogP contribution in [0.2, 0.25) is 0 Å². The van der Waals surface area contributed by atoms with Gasteiger partial charge in [-0.1, -0.05) is 0 Å². The third-order valence-electron chi connectivity index (χ3n) is 5.81. The molecule has 0 aromatic heterocycles. The first-order valence-corrected chi connectivity index (χ1v) is 10.3. The minimum absolute atomic E-state index is 0.0606. The van der Waals surface area contributed by atoms with E-state index in [0.29, 0.717) is 18.4 Å². The number of carboxylic acid groups (broad SMARTS) is 1. The van der Waals surface area contributed by atoms with Crippen molar-refractivity contribution >= 4 is 12.1 Å². The standard InChI is InChI=1S/C21H23F4N3O5/c1-13(21(23,24)25)33-19(31)28-6-4-27(5-7-28)11-15-9-16(22)8-14(10-26)17(15)32-12-20(2-3-20)18(29)30/h8-9,13H,2-7,11-12H2,1H3,(H,29,30). The summed E-state index contributed by atoms with van der Waals surface area (Å²) in [6.45, 7) is 1.49. The predicted octanol–water partition coefficient (Wildman–Crippen LogP) is 3.15. The smallest absolute Gasteiger partial charge is 0.425 e. The van der Waals surface area contributed by atoms with Crippen molar-refractivity contribution in [1.29, 1.82) is 5.26 Å². The van der Waals surface area contributed by atoms with Crippen molar-refractivity contribution in [1.82, 2.24) is 9.80 Å². The lowest BCUT2D eigenvalue weighted by molar-refractivity contribution is -0.200. The van der Waals surface area contributed by atoms with E-state index in [9.17, 15) is 37.5 Å². The summed E-state index contributed by atoms with van der Waals surface area (Å²) in [7, 11) is 0. The van der Waals surface area contributed by atoms with Crippen LogP contribution in [0.4, 0.5) is 22.4 Å². The molecule has 1 aromatic carbocycles. The number of ether oxygens (including phenoxy) is 2. The quantitative estimate of drug-likeness (QED) is 0.607. The molecule has 1 atom stereocenters. The lowest BCUT2D eigenvalue weighted by atomic mass is 10.1. The number of amides is 1. The summed E-state index contributed by atoms with van der Waals surface area (Å²) in [5, 5.41) is 18.7. The molecule has 1 aliphatic heterocycles. The van der Waals surface area contributed by atoms with Crippen molar-refractivity contribution in [2.24, 2.45) is 5.41 Å². The highest BCUT2D eigenvalue weighted by molar-refractivity contribution is 5.78. The fourth-order valence-corrected chi connectivity index (χ4v) is 3.42. The average molecular weight is 473 g/mol. The molecule has 180 valence electrons. The van der Waals surface area contributed by atoms with Gasteiger partial charge in [-0.15, -0.1) is 0 Å².